The van der Waals surface area contributed by atoms with E-state index in [9.17, 15) is 5.11 Å². The quantitative estimate of drug-likeness (QED) is 0.750. The van der Waals surface area contributed by atoms with Crippen molar-refractivity contribution in [2.75, 3.05) is 13.7 Å². The Morgan fingerprint density at radius 2 is 1.88 bits per heavy atom. The Balaban J connectivity index is 1.91. The van der Waals surface area contributed by atoms with Crippen molar-refractivity contribution >= 4 is 0 Å². The lowest BCUT2D eigenvalue weighted by Gasteiger charge is -2.28. The van der Waals surface area contributed by atoms with Crippen LogP contribution in [0.1, 0.15) is 42.8 Å². The van der Waals surface area contributed by atoms with Gasteiger partial charge in [0.05, 0.1) is 17.9 Å². The number of aryl methyl sites for hydroxylation is 2. The van der Waals surface area contributed by atoms with Gasteiger partial charge in [0.15, 0.2) is 0 Å². The first-order valence-electron chi connectivity index (χ1n) is 8.85. The summed E-state index contributed by atoms with van der Waals surface area (Å²) in [6.07, 6.45) is 0.992. The molecule has 0 aliphatic carbocycles. The molecular weight excluding hydrogens is 316 g/mol. The number of aliphatic hydroxyl groups excluding tert-OH is 1. The van der Waals surface area contributed by atoms with Crippen molar-refractivity contribution < 1.29 is 14.4 Å². The number of hydrogen-bond acceptors (Lipinski definition) is 5. The number of aromatic nitrogens is 1. The van der Waals surface area contributed by atoms with Crippen molar-refractivity contribution in [1.82, 2.24) is 10.1 Å². The normalized spacial score (nSPS) is 12.8. The number of rotatable bonds is 9. The average molecular weight is 346 g/mol. The molecule has 0 saturated carbocycles. The molecule has 0 radical (unpaired) electrons. The van der Waals surface area contributed by atoms with Gasteiger partial charge in [-0.3, -0.25) is 4.90 Å². The molecule has 0 aliphatic heterocycles. The molecule has 5 nitrogen and oxygen atoms in total. The first-order valence-corrected chi connectivity index (χ1v) is 8.85. The molecule has 138 valence electrons. The van der Waals surface area contributed by atoms with E-state index in [4.69, 9.17) is 9.26 Å². The molecule has 1 heterocycles. The molecule has 25 heavy (non-hydrogen) atoms. The van der Waals surface area contributed by atoms with Gasteiger partial charge in [0, 0.05) is 12.6 Å². The second-order valence-corrected chi connectivity index (χ2v) is 7.12. The topological polar surface area (TPSA) is 58.7 Å². The number of hydrogen-bond donors (Lipinski definition) is 1. The highest BCUT2D eigenvalue weighted by Gasteiger charge is 2.15. The maximum atomic E-state index is 9.60. The van der Waals surface area contributed by atoms with Gasteiger partial charge in [-0.15, -0.1) is 0 Å². The zero-order valence-electron chi connectivity index (χ0n) is 16.0. The number of likely N-dealkylation sites (N-methyl/N-ethyl adjacent to an activating group) is 1. The lowest BCUT2D eigenvalue weighted by atomic mass is 10.0. The lowest BCUT2D eigenvalue weighted by molar-refractivity contribution is 0.124. The highest BCUT2D eigenvalue weighted by atomic mass is 16.5. The van der Waals surface area contributed by atoms with Crippen LogP contribution in [-0.4, -0.2) is 34.9 Å². The molecule has 1 atom stereocenters. The van der Waals surface area contributed by atoms with E-state index in [2.05, 4.69) is 43.1 Å². The predicted molar refractivity (Wildman–Crippen MR) is 98.5 cm³/mol. The third-order valence-electron chi connectivity index (χ3n) is 4.50. The van der Waals surface area contributed by atoms with Crippen LogP contribution < -0.4 is 4.74 Å². The Morgan fingerprint density at radius 3 is 2.40 bits per heavy atom. The summed E-state index contributed by atoms with van der Waals surface area (Å²) in [5.74, 6) is 2.20. The van der Waals surface area contributed by atoms with E-state index in [1.54, 1.807) is 0 Å². The van der Waals surface area contributed by atoms with Crippen molar-refractivity contribution in [3.05, 3.63) is 46.8 Å². The molecule has 1 unspecified atom stereocenters. The maximum Gasteiger partial charge on any atom is 0.140 e. The molecule has 0 fully saturated rings. The summed E-state index contributed by atoms with van der Waals surface area (Å²) in [7, 11) is 2.06. The van der Waals surface area contributed by atoms with Crippen LogP contribution in [-0.2, 0) is 13.2 Å². The van der Waals surface area contributed by atoms with E-state index in [-0.39, 0.29) is 12.6 Å². The van der Waals surface area contributed by atoms with Crippen molar-refractivity contribution in [2.45, 2.75) is 53.3 Å². The van der Waals surface area contributed by atoms with Gasteiger partial charge in [-0.1, -0.05) is 31.1 Å². The lowest BCUT2D eigenvalue weighted by Crippen LogP contribution is -2.35. The smallest absolute Gasteiger partial charge is 0.140 e. The summed E-state index contributed by atoms with van der Waals surface area (Å²) in [6, 6.07) is 8.30. The summed E-state index contributed by atoms with van der Waals surface area (Å²) < 4.78 is 11.0. The summed E-state index contributed by atoms with van der Waals surface area (Å²) in [4.78, 5) is 2.21. The van der Waals surface area contributed by atoms with Crippen LogP contribution >= 0.6 is 0 Å². The fourth-order valence-electron chi connectivity index (χ4n) is 2.91. The van der Waals surface area contributed by atoms with Crippen molar-refractivity contribution in [3.8, 4) is 5.75 Å². The third-order valence-corrected chi connectivity index (χ3v) is 4.50. The number of ether oxygens (including phenoxy) is 1. The number of benzene rings is 1. The van der Waals surface area contributed by atoms with Gasteiger partial charge in [0.2, 0.25) is 0 Å². The maximum absolute atomic E-state index is 9.60. The van der Waals surface area contributed by atoms with Crippen LogP contribution in [0.3, 0.4) is 0 Å². The summed E-state index contributed by atoms with van der Waals surface area (Å²) in [5.41, 5.74) is 3.08. The van der Waals surface area contributed by atoms with Crippen molar-refractivity contribution in [2.24, 2.45) is 5.92 Å². The predicted octanol–water partition coefficient (Wildman–Crippen LogP) is 3.71. The molecule has 0 amide bonds. The Morgan fingerprint density at radius 1 is 1.20 bits per heavy atom. The third kappa shape index (κ3) is 5.58. The zero-order chi connectivity index (χ0) is 18.4. The fraction of sp³-hybridized carbons (Fsp3) is 0.550. The second kappa shape index (κ2) is 9.02. The molecule has 0 bridgehead atoms. The molecule has 1 N–H and O–H groups in total. The molecule has 1 aromatic heterocycles. The van der Waals surface area contributed by atoms with E-state index >= 15 is 0 Å². The van der Waals surface area contributed by atoms with Gasteiger partial charge in [0.25, 0.3) is 0 Å². The minimum Gasteiger partial charge on any atom is -0.489 e. The van der Waals surface area contributed by atoms with E-state index in [1.165, 1.54) is 5.56 Å². The van der Waals surface area contributed by atoms with E-state index in [0.717, 1.165) is 35.7 Å². The van der Waals surface area contributed by atoms with Gasteiger partial charge in [-0.25, -0.2) is 0 Å². The van der Waals surface area contributed by atoms with Gasteiger partial charge in [-0.2, -0.15) is 0 Å². The molecule has 1 aromatic carbocycles. The van der Waals surface area contributed by atoms with E-state index < -0.39 is 0 Å². The molecule has 0 saturated heterocycles. The molecule has 0 aliphatic rings. The summed E-state index contributed by atoms with van der Waals surface area (Å²) in [5, 5.41) is 13.5. The van der Waals surface area contributed by atoms with Gasteiger partial charge in [0.1, 0.15) is 18.1 Å². The minimum atomic E-state index is 0.188. The van der Waals surface area contributed by atoms with Crippen LogP contribution in [0.25, 0.3) is 0 Å². The van der Waals surface area contributed by atoms with Gasteiger partial charge >= 0.3 is 0 Å². The number of aliphatic hydroxyl groups is 1. The van der Waals surface area contributed by atoms with E-state index in [1.807, 2.05) is 26.0 Å². The molecular formula is C20H30N2O3. The van der Waals surface area contributed by atoms with Crippen LogP contribution in [0.5, 0.6) is 5.75 Å². The average Bonchev–Trinajstić information content (AvgIpc) is 2.90. The SMILES string of the molecule is Cc1noc(C)c1COc1ccc(CN(C)C(CO)CC(C)C)cc1. The highest BCUT2D eigenvalue weighted by Crippen LogP contribution is 2.19. The van der Waals surface area contributed by atoms with Crippen LogP contribution in [0, 0.1) is 19.8 Å². The minimum absolute atomic E-state index is 0.188. The van der Waals surface area contributed by atoms with E-state index in [0.29, 0.717) is 12.5 Å². The molecule has 2 rings (SSSR count). The second-order valence-electron chi connectivity index (χ2n) is 7.12. The number of nitrogens with zero attached hydrogens (tertiary/aromatic N) is 2. The van der Waals surface area contributed by atoms with Crippen LogP contribution in [0.4, 0.5) is 0 Å². The summed E-state index contributed by atoms with van der Waals surface area (Å²) >= 11 is 0. The van der Waals surface area contributed by atoms with Crippen molar-refractivity contribution in [3.63, 3.8) is 0 Å². The molecule has 5 heteroatoms. The van der Waals surface area contributed by atoms with Gasteiger partial charge < -0.3 is 14.4 Å². The Hall–Kier alpha value is -1.85. The Bertz CT molecular complexity index is 630. The van der Waals surface area contributed by atoms with Crippen LogP contribution in [0.2, 0.25) is 0 Å². The Kier molecular flexibility index (Phi) is 7.02. The molecule has 2 aromatic rings. The first-order chi connectivity index (χ1) is 11.9. The Labute approximate surface area is 150 Å². The zero-order valence-corrected chi connectivity index (χ0v) is 16.0. The van der Waals surface area contributed by atoms with Crippen molar-refractivity contribution in [1.29, 1.82) is 0 Å². The standard InChI is InChI=1S/C20H30N2O3/c1-14(2)10-18(12-23)22(5)11-17-6-8-19(9-7-17)24-13-20-15(3)21-25-16(20)4/h6-9,14,18,23H,10-13H2,1-5H3. The fourth-order valence-corrected chi connectivity index (χ4v) is 2.91. The monoisotopic (exact) mass is 346 g/mol. The first kappa shape index (κ1) is 19.5. The van der Waals surface area contributed by atoms with Gasteiger partial charge in [-0.05, 0) is 50.9 Å². The van der Waals surface area contributed by atoms with Crippen LogP contribution in [0.15, 0.2) is 28.8 Å². The summed E-state index contributed by atoms with van der Waals surface area (Å²) in [6.45, 7) is 9.63. The molecule has 0 spiro atoms. The highest BCUT2D eigenvalue weighted by molar-refractivity contribution is 5.28. The largest absolute Gasteiger partial charge is 0.489 e.